The van der Waals surface area contributed by atoms with Crippen LogP contribution in [0.4, 0.5) is 4.39 Å². The molecule has 1 saturated heterocycles. The van der Waals surface area contributed by atoms with E-state index < -0.39 is 18.1 Å². The Kier molecular flexibility index (Phi) is 5.99. The number of halogens is 1. The van der Waals surface area contributed by atoms with Gasteiger partial charge in [0.1, 0.15) is 11.9 Å². The van der Waals surface area contributed by atoms with Gasteiger partial charge in [0.25, 0.3) is 0 Å². The van der Waals surface area contributed by atoms with E-state index in [0.717, 1.165) is 36.3 Å². The van der Waals surface area contributed by atoms with Gasteiger partial charge in [0.15, 0.2) is 0 Å². The van der Waals surface area contributed by atoms with Crippen LogP contribution >= 0.6 is 0 Å². The third-order valence-electron chi connectivity index (χ3n) is 6.48. The summed E-state index contributed by atoms with van der Waals surface area (Å²) in [7, 11) is 1.59. The predicted octanol–water partition coefficient (Wildman–Crippen LogP) is 4.47. The molecular formula is C23H29FN2O3. The molecule has 1 aliphatic carbocycles. The minimum Gasteiger partial charge on any atom is -0.497 e. The fourth-order valence-corrected chi connectivity index (χ4v) is 4.59. The fourth-order valence-electron chi connectivity index (χ4n) is 4.59. The van der Waals surface area contributed by atoms with Gasteiger partial charge < -0.3 is 14.7 Å². The first-order chi connectivity index (χ1) is 14.0. The minimum absolute atomic E-state index is 0.0313. The van der Waals surface area contributed by atoms with Gasteiger partial charge in [-0.25, -0.2) is 4.39 Å². The van der Waals surface area contributed by atoms with Crippen LogP contribution in [-0.2, 0) is 4.79 Å². The summed E-state index contributed by atoms with van der Waals surface area (Å²) in [5.41, 5.74) is 1.34. The molecule has 2 fully saturated rings. The average molecular weight is 400 g/mol. The fraction of sp³-hybridized carbons (Fsp3) is 0.565. The summed E-state index contributed by atoms with van der Waals surface area (Å²) in [5, 5.41) is 10.5. The van der Waals surface area contributed by atoms with Gasteiger partial charge in [-0.2, -0.15) is 0 Å². The van der Waals surface area contributed by atoms with E-state index in [-0.39, 0.29) is 5.92 Å². The summed E-state index contributed by atoms with van der Waals surface area (Å²) in [6.45, 7) is 2.55. The molecular weight excluding hydrogens is 371 g/mol. The first kappa shape index (κ1) is 20.1. The molecule has 2 aromatic rings. The summed E-state index contributed by atoms with van der Waals surface area (Å²) in [6.07, 6.45) is 4.77. The molecule has 0 spiro atoms. The van der Waals surface area contributed by atoms with Crippen molar-refractivity contribution in [1.82, 2.24) is 9.88 Å². The molecule has 156 valence electrons. The van der Waals surface area contributed by atoms with Crippen molar-refractivity contribution in [2.45, 2.75) is 38.3 Å². The van der Waals surface area contributed by atoms with Gasteiger partial charge in [-0.3, -0.25) is 9.78 Å². The van der Waals surface area contributed by atoms with Gasteiger partial charge >= 0.3 is 5.97 Å². The monoisotopic (exact) mass is 400 g/mol. The second-order valence-corrected chi connectivity index (χ2v) is 8.52. The van der Waals surface area contributed by atoms with Crippen molar-refractivity contribution in [2.75, 3.05) is 26.7 Å². The van der Waals surface area contributed by atoms with E-state index in [1.54, 1.807) is 19.4 Å². The molecule has 1 saturated carbocycles. The summed E-state index contributed by atoms with van der Waals surface area (Å²) < 4.78 is 20.5. The van der Waals surface area contributed by atoms with Crippen molar-refractivity contribution in [2.24, 2.45) is 17.8 Å². The number of alkyl halides is 1. The molecule has 0 bridgehead atoms. The van der Waals surface area contributed by atoms with Gasteiger partial charge in [-0.15, -0.1) is 0 Å². The highest BCUT2D eigenvalue weighted by Gasteiger charge is 2.36. The van der Waals surface area contributed by atoms with Gasteiger partial charge in [0.2, 0.25) is 0 Å². The topological polar surface area (TPSA) is 62.7 Å². The minimum atomic E-state index is -1.15. The van der Waals surface area contributed by atoms with Gasteiger partial charge in [0, 0.05) is 24.7 Å². The number of pyridine rings is 1. The van der Waals surface area contributed by atoms with Crippen LogP contribution in [0.2, 0.25) is 0 Å². The number of carbonyl (C=O) groups is 1. The number of carboxylic acids is 1. The van der Waals surface area contributed by atoms with E-state index in [2.05, 4.69) is 9.88 Å². The second kappa shape index (κ2) is 8.66. The summed E-state index contributed by atoms with van der Waals surface area (Å²) in [6, 6.07) is 7.19. The number of carboxylic acid groups (broad SMARTS) is 1. The number of aliphatic carboxylic acids is 1. The third kappa shape index (κ3) is 4.69. The lowest BCUT2D eigenvalue weighted by atomic mass is 9.81. The van der Waals surface area contributed by atoms with E-state index in [0.29, 0.717) is 30.7 Å². The number of piperidine rings is 1. The van der Waals surface area contributed by atoms with Gasteiger partial charge in [-0.1, -0.05) is 0 Å². The van der Waals surface area contributed by atoms with Gasteiger partial charge in [-0.05, 0) is 80.3 Å². The lowest BCUT2D eigenvalue weighted by Gasteiger charge is -2.37. The molecule has 4 rings (SSSR count). The van der Waals surface area contributed by atoms with E-state index in [9.17, 15) is 9.90 Å². The number of rotatable bonds is 8. The van der Waals surface area contributed by atoms with E-state index >= 15 is 4.39 Å². The number of ether oxygens (including phenoxy) is 1. The molecule has 1 N–H and O–H groups in total. The Hall–Kier alpha value is -2.21. The number of methoxy groups -OCH3 is 1. The summed E-state index contributed by atoms with van der Waals surface area (Å²) in [4.78, 5) is 18.4. The van der Waals surface area contributed by atoms with Crippen LogP contribution in [-0.4, -0.2) is 47.7 Å². The Morgan fingerprint density at radius 2 is 2.17 bits per heavy atom. The van der Waals surface area contributed by atoms with E-state index in [1.165, 1.54) is 12.8 Å². The van der Waals surface area contributed by atoms with E-state index in [1.807, 2.05) is 18.2 Å². The van der Waals surface area contributed by atoms with Crippen molar-refractivity contribution < 1.29 is 19.0 Å². The largest absolute Gasteiger partial charge is 0.497 e. The molecule has 3 atom stereocenters. The number of hydrogen-bond donors (Lipinski definition) is 1. The molecule has 1 aliphatic heterocycles. The number of nitrogens with zero attached hydrogens (tertiary/aromatic N) is 2. The molecule has 1 unspecified atom stereocenters. The highest BCUT2D eigenvalue weighted by Crippen LogP contribution is 2.37. The lowest BCUT2D eigenvalue weighted by molar-refractivity contribution is -0.146. The Morgan fingerprint density at radius 1 is 1.34 bits per heavy atom. The standard InChI is InChI=1S/C23H29FN2O3/c1-29-17-5-7-22-19(12-17)18(8-10-25-22)21(24)6-4-16-9-11-26(13-15-2-3-15)14-20(16)23(27)28/h5,7-8,10,12,15-16,20-21H,2-4,6,9,11,13-14H2,1H3,(H,27,28)/t16-,20+,21?/m1/s1. The molecule has 2 heterocycles. The SMILES string of the molecule is COc1ccc2nccc(C(F)CC[C@@H]3CCN(CC4CC4)C[C@@H]3C(=O)O)c2c1. The van der Waals surface area contributed by atoms with Crippen LogP contribution in [0, 0.1) is 17.8 Å². The van der Waals surface area contributed by atoms with Crippen LogP contribution in [0.5, 0.6) is 5.75 Å². The molecule has 0 radical (unpaired) electrons. The van der Waals surface area contributed by atoms with Crippen molar-refractivity contribution >= 4 is 16.9 Å². The molecule has 2 aliphatic rings. The van der Waals surface area contributed by atoms with Crippen molar-refractivity contribution in [3.63, 3.8) is 0 Å². The Morgan fingerprint density at radius 3 is 2.90 bits per heavy atom. The zero-order valence-corrected chi connectivity index (χ0v) is 16.9. The number of fused-ring (bicyclic) bond motifs is 1. The maximum Gasteiger partial charge on any atom is 0.308 e. The average Bonchev–Trinajstić information content (AvgIpc) is 3.55. The van der Waals surface area contributed by atoms with Crippen molar-refractivity contribution in [1.29, 1.82) is 0 Å². The van der Waals surface area contributed by atoms with Crippen molar-refractivity contribution in [3.8, 4) is 5.75 Å². The molecule has 5 nitrogen and oxygen atoms in total. The molecule has 29 heavy (non-hydrogen) atoms. The predicted molar refractivity (Wildman–Crippen MR) is 110 cm³/mol. The maximum absolute atomic E-state index is 15.2. The number of benzene rings is 1. The first-order valence-corrected chi connectivity index (χ1v) is 10.6. The number of likely N-dealkylation sites (tertiary alicyclic amines) is 1. The van der Waals surface area contributed by atoms with E-state index in [4.69, 9.17) is 4.74 Å². The molecule has 1 aromatic heterocycles. The molecule has 0 amide bonds. The van der Waals surface area contributed by atoms with Crippen LogP contribution in [0.25, 0.3) is 10.9 Å². The highest BCUT2D eigenvalue weighted by molar-refractivity contribution is 5.83. The first-order valence-electron chi connectivity index (χ1n) is 10.6. The summed E-state index contributed by atoms with van der Waals surface area (Å²) in [5.74, 6) is 0.318. The summed E-state index contributed by atoms with van der Waals surface area (Å²) >= 11 is 0. The van der Waals surface area contributed by atoms with Crippen LogP contribution < -0.4 is 4.74 Å². The zero-order valence-electron chi connectivity index (χ0n) is 16.9. The number of aromatic nitrogens is 1. The maximum atomic E-state index is 15.2. The van der Waals surface area contributed by atoms with Crippen LogP contribution in [0.1, 0.15) is 43.8 Å². The lowest BCUT2D eigenvalue weighted by Crippen LogP contribution is -2.44. The quantitative estimate of drug-likeness (QED) is 0.708. The Labute approximate surface area is 170 Å². The van der Waals surface area contributed by atoms with Crippen LogP contribution in [0.15, 0.2) is 30.5 Å². The van der Waals surface area contributed by atoms with Crippen LogP contribution in [0.3, 0.4) is 0 Å². The Bertz CT molecular complexity index is 870. The second-order valence-electron chi connectivity index (χ2n) is 8.52. The van der Waals surface area contributed by atoms with Gasteiger partial charge in [0.05, 0.1) is 18.5 Å². The Balaban J connectivity index is 1.42. The molecule has 6 heteroatoms. The molecule has 1 aromatic carbocycles. The third-order valence-corrected chi connectivity index (χ3v) is 6.48. The van der Waals surface area contributed by atoms with Crippen molar-refractivity contribution in [3.05, 3.63) is 36.0 Å². The highest BCUT2D eigenvalue weighted by atomic mass is 19.1. The zero-order chi connectivity index (χ0) is 20.4. The smallest absolute Gasteiger partial charge is 0.308 e. The number of hydrogen-bond acceptors (Lipinski definition) is 4. The normalized spacial score (nSPS) is 23.8.